The van der Waals surface area contributed by atoms with Crippen molar-refractivity contribution in [2.45, 2.75) is 25.3 Å². The van der Waals surface area contributed by atoms with E-state index in [0.717, 1.165) is 43.1 Å². The number of benzene rings is 1. The van der Waals surface area contributed by atoms with E-state index in [0.29, 0.717) is 12.5 Å². The lowest BCUT2D eigenvalue weighted by atomic mass is 9.95. The second-order valence-corrected chi connectivity index (χ2v) is 6.52. The summed E-state index contributed by atoms with van der Waals surface area (Å²) in [5, 5.41) is 0. The van der Waals surface area contributed by atoms with E-state index in [2.05, 4.69) is 9.55 Å². The maximum Gasteiger partial charge on any atom is 0.233 e. The van der Waals surface area contributed by atoms with Crippen LogP contribution in [-0.2, 0) is 17.8 Å². The van der Waals surface area contributed by atoms with Gasteiger partial charge < -0.3 is 14.2 Å². The molecule has 1 aromatic heterocycles. The number of fused-ring (bicyclic) bond motifs is 2. The quantitative estimate of drug-likeness (QED) is 0.872. The Hall–Kier alpha value is -2.30. The molecule has 2 aliphatic rings. The molecule has 5 heteroatoms. The van der Waals surface area contributed by atoms with E-state index in [1.807, 2.05) is 48.6 Å². The molecule has 0 N–H and O–H groups in total. The molecule has 2 atom stereocenters. The molecule has 23 heavy (non-hydrogen) atoms. The van der Waals surface area contributed by atoms with Crippen LogP contribution in [0.3, 0.4) is 0 Å². The van der Waals surface area contributed by atoms with Crippen LogP contribution < -0.4 is 4.74 Å². The summed E-state index contributed by atoms with van der Waals surface area (Å²) in [6, 6.07) is 7.84. The van der Waals surface area contributed by atoms with Crippen LogP contribution in [0.1, 0.15) is 23.7 Å². The van der Waals surface area contributed by atoms with Crippen LogP contribution in [0.15, 0.2) is 36.7 Å². The number of ether oxygens (including phenoxy) is 1. The van der Waals surface area contributed by atoms with Gasteiger partial charge in [0, 0.05) is 44.5 Å². The molecule has 0 saturated heterocycles. The largest absolute Gasteiger partial charge is 0.492 e. The van der Waals surface area contributed by atoms with Crippen molar-refractivity contribution < 1.29 is 9.53 Å². The minimum Gasteiger partial charge on any atom is -0.492 e. The summed E-state index contributed by atoms with van der Waals surface area (Å²) < 4.78 is 7.86. The Bertz CT molecular complexity index is 725. The van der Waals surface area contributed by atoms with Gasteiger partial charge in [-0.05, 0) is 18.4 Å². The van der Waals surface area contributed by atoms with Crippen LogP contribution in [0, 0.1) is 5.92 Å². The molecule has 0 radical (unpaired) electrons. The second kappa shape index (κ2) is 5.72. The fourth-order valence-electron chi connectivity index (χ4n) is 3.68. The topological polar surface area (TPSA) is 47.4 Å². The third kappa shape index (κ3) is 2.60. The minimum absolute atomic E-state index is 0.156. The van der Waals surface area contributed by atoms with Gasteiger partial charge in [0.1, 0.15) is 24.1 Å². The summed E-state index contributed by atoms with van der Waals surface area (Å²) >= 11 is 0. The van der Waals surface area contributed by atoms with Gasteiger partial charge in [0.15, 0.2) is 0 Å². The number of carbonyl (C=O) groups is 1. The van der Waals surface area contributed by atoms with Crippen molar-refractivity contribution >= 4 is 5.91 Å². The average molecular weight is 311 g/mol. The minimum atomic E-state index is -0.165. The molecule has 0 fully saturated rings. The molecule has 2 aliphatic heterocycles. The number of aromatic nitrogens is 2. The SMILES string of the molecule is CN(CC1CCn2ccnc2C1)C(=O)C1COc2ccccc21. The van der Waals surface area contributed by atoms with Gasteiger partial charge in [-0.15, -0.1) is 0 Å². The normalized spacial score (nSPS) is 22.1. The molecular formula is C18H21N3O2. The third-order valence-electron chi connectivity index (χ3n) is 4.96. The first-order valence-corrected chi connectivity index (χ1v) is 8.19. The first-order chi connectivity index (χ1) is 11.2. The van der Waals surface area contributed by atoms with Crippen LogP contribution in [0.25, 0.3) is 0 Å². The van der Waals surface area contributed by atoms with Crippen LogP contribution in [0.5, 0.6) is 5.75 Å². The van der Waals surface area contributed by atoms with Crippen molar-refractivity contribution in [3.8, 4) is 5.75 Å². The summed E-state index contributed by atoms with van der Waals surface area (Å²) in [4.78, 5) is 19.1. The van der Waals surface area contributed by atoms with Gasteiger partial charge in [-0.2, -0.15) is 0 Å². The molecule has 3 heterocycles. The summed E-state index contributed by atoms with van der Waals surface area (Å²) in [7, 11) is 1.91. The average Bonchev–Trinajstić information content (AvgIpc) is 3.20. The predicted octanol–water partition coefficient (Wildman–Crippen LogP) is 2.08. The van der Waals surface area contributed by atoms with Crippen LogP contribution in [0.4, 0.5) is 0 Å². The zero-order chi connectivity index (χ0) is 15.8. The Morgan fingerprint density at radius 2 is 2.30 bits per heavy atom. The van der Waals surface area contributed by atoms with Gasteiger partial charge in [0.25, 0.3) is 0 Å². The zero-order valence-corrected chi connectivity index (χ0v) is 13.3. The molecule has 1 amide bonds. The number of carbonyl (C=O) groups excluding carboxylic acids is 1. The summed E-state index contributed by atoms with van der Waals surface area (Å²) in [6.07, 6.45) is 5.94. The number of hydrogen-bond acceptors (Lipinski definition) is 3. The van der Waals surface area contributed by atoms with Crippen molar-refractivity contribution in [2.24, 2.45) is 5.92 Å². The zero-order valence-electron chi connectivity index (χ0n) is 13.3. The van der Waals surface area contributed by atoms with E-state index < -0.39 is 0 Å². The van der Waals surface area contributed by atoms with Crippen molar-refractivity contribution in [3.63, 3.8) is 0 Å². The first kappa shape index (κ1) is 14.3. The van der Waals surface area contributed by atoms with E-state index in [4.69, 9.17) is 4.74 Å². The van der Waals surface area contributed by atoms with Gasteiger partial charge >= 0.3 is 0 Å². The monoisotopic (exact) mass is 311 g/mol. The van der Waals surface area contributed by atoms with E-state index in [9.17, 15) is 4.79 Å². The lowest BCUT2D eigenvalue weighted by Gasteiger charge is -2.29. The number of rotatable bonds is 3. The van der Waals surface area contributed by atoms with Gasteiger partial charge in [0.05, 0.1) is 0 Å². The van der Waals surface area contributed by atoms with Crippen molar-refractivity contribution in [3.05, 3.63) is 48.0 Å². The molecule has 1 aromatic carbocycles. The maximum absolute atomic E-state index is 12.8. The van der Waals surface area contributed by atoms with Crippen LogP contribution >= 0.6 is 0 Å². The van der Waals surface area contributed by atoms with Gasteiger partial charge in [0.2, 0.25) is 5.91 Å². The lowest BCUT2D eigenvalue weighted by molar-refractivity contribution is -0.132. The Morgan fingerprint density at radius 3 is 3.22 bits per heavy atom. The Labute approximate surface area is 135 Å². The molecule has 4 rings (SSSR count). The molecule has 2 aromatic rings. The van der Waals surface area contributed by atoms with Gasteiger partial charge in [-0.3, -0.25) is 4.79 Å². The van der Waals surface area contributed by atoms with E-state index in [1.54, 1.807) is 0 Å². The Morgan fingerprint density at radius 1 is 1.43 bits per heavy atom. The second-order valence-electron chi connectivity index (χ2n) is 6.52. The summed E-state index contributed by atoms with van der Waals surface area (Å²) in [5.41, 5.74) is 1.02. The highest BCUT2D eigenvalue weighted by molar-refractivity contribution is 5.85. The number of hydrogen-bond donors (Lipinski definition) is 0. The number of para-hydroxylation sites is 1. The number of amides is 1. The van der Waals surface area contributed by atoms with Crippen molar-refractivity contribution in [1.82, 2.24) is 14.5 Å². The van der Waals surface area contributed by atoms with Crippen LogP contribution in [-0.4, -0.2) is 40.6 Å². The Balaban J connectivity index is 1.42. The van der Waals surface area contributed by atoms with Crippen LogP contribution in [0.2, 0.25) is 0 Å². The van der Waals surface area contributed by atoms with Gasteiger partial charge in [-0.1, -0.05) is 18.2 Å². The number of likely N-dealkylation sites (N-methyl/N-ethyl adjacent to an activating group) is 1. The Kier molecular flexibility index (Phi) is 3.56. The fraction of sp³-hybridized carbons (Fsp3) is 0.444. The molecule has 5 nitrogen and oxygen atoms in total. The lowest BCUT2D eigenvalue weighted by Crippen LogP contribution is -2.38. The first-order valence-electron chi connectivity index (χ1n) is 8.19. The predicted molar refractivity (Wildman–Crippen MR) is 86.4 cm³/mol. The standard InChI is InChI=1S/C18H21N3O2/c1-20(11-13-6-8-21-9-7-19-17(21)10-13)18(22)15-12-23-16-5-3-2-4-14(15)16/h2-5,7,9,13,15H,6,8,10-12H2,1H3. The molecule has 0 saturated carbocycles. The highest BCUT2D eigenvalue weighted by Crippen LogP contribution is 2.34. The molecule has 0 spiro atoms. The molecular weight excluding hydrogens is 290 g/mol. The highest BCUT2D eigenvalue weighted by atomic mass is 16.5. The third-order valence-corrected chi connectivity index (χ3v) is 4.96. The number of nitrogens with zero attached hydrogens (tertiary/aromatic N) is 3. The van der Waals surface area contributed by atoms with E-state index >= 15 is 0 Å². The maximum atomic E-state index is 12.8. The van der Waals surface area contributed by atoms with Crippen molar-refractivity contribution in [2.75, 3.05) is 20.2 Å². The van der Waals surface area contributed by atoms with Gasteiger partial charge in [-0.25, -0.2) is 4.98 Å². The fourth-order valence-corrected chi connectivity index (χ4v) is 3.68. The molecule has 0 bridgehead atoms. The van der Waals surface area contributed by atoms with E-state index in [1.165, 1.54) is 0 Å². The molecule has 120 valence electrons. The van der Waals surface area contributed by atoms with Crippen molar-refractivity contribution in [1.29, 1.82) is 0 Å². The van der Waals surface area contributed by atoms with E-state index in [-0.39, 0.29) is 11.8 Å². The highest BCUT2D eigenvalue weighted by Gasteiger charge is 2.33. The molecule has 2 unspecified atom stereocenters. The number of imidazole rings is 1. The summed E-state index contributed by atoms with van der Waals surface area (Å²) in [5.74, 6) is 2.46. The molecule has 0 aliphatic carbocycles. The summed E-state index contributed by atoms with van der Waals surface area (Å²) in [6.45, 7) is 2.24. The number of aryl methyl sites for hydroxylation is 1. The smallest absolute Gasteiger partial charge is 0.233 e.